The average molecular weight is 247 g/mol. The molecule has 1 atom stereocenters. The summed E-state index contributed by atoms with van der Waals surface area (Å²) in [4.78, 5) is 28.3. The van der Waals surface area contributed by atoms with Crippen LogP contribution in [-0.4, -0.2) is 37.5 Å². The minimum atomic E-state index is -0.404. The molecule has 0 aromatic heterocycles. The predicted octanol–water partition coefficient (Wildman–Crippen LogP) is 1.73. The first-order chi connectivity index (χ1) is 8.57. The molecule has 1 radical (unpaired) electrons. The second-order valence-corrected chi connectivity index (χ2v) is 3.98. The molecule has 0 aliphatic carbocycles. The van der Waals surface area contributed by atoms with Crippen LogP contribution in [0.2, 0.25) is 0 Å². The number of benzene rings is 1. The van der Waals surface area contributed by atoms with Crippen molar-refractivity contribution >= 4 is 18.3 Å². The molecule has 1 aromatic carbocycles. The van der Waals surface area contributed by atoms with Crippen molar-refractivity contribution in [1.29, 1.82) is 0 Å². The maximum absolute atomic E-state index is 12.2. The number of carbonyl (C=O) groups excluding carboxylic acids is 2. The van der Waals surface area contributed by atoms with E-state index in [1.54, 1.807) is 13.3 Å². The molecule has 0 bridgehead atoms. The van der Waals surface area contributed by atoms with Gasteiger partial charge in [0, 0.05) is 0 Å². The zero-order valence-corrected chi connectivity index (χ0v) is 10.8. The van der Waals surface area contributed by atoms with Crippen LogP contribution in [0, 0.1) is 0 Å². The minimum absolute atomic E-state index is 0.0209. The number of nitrogens with zero attached hydrogens (tertiary/aromatic N) is 1. The molecule has 95 valence electrons. The van der Waals surface area contributed by atoms with Crippen LogP contribution in [0.5, 0.6) is 0 Å². The summed E-state index contributed by atoms with van der Waals surface area (Å²) >= 11 is 0. The van der Waals surface area contributed by atoms with Crippen molar-refractivity contribution in [3.63, 3.8) is 0 Å². The Labute approximate surface area is 107 Å². The number of likely N-dealkylation sites (N-methyl/N-ethyl adjacent to an activating group) is 1. The maximum Gasteiger partial charge on any atom is 0.381 e. The van der Waals surface area contributed by atoms with Crippen LogP contribution in [0.25, 0.3) is 6.08 Å². The highest BCUT2D eigenvalue weighted by Crippen LogP contribution is 2.13. The molecule has 0 saturated carbocycles. The summed E-state index contributed by atoms with van der Waals surface area (Å²) in [5, 5.41) is 0. The van der Waals surface area contributed by atoms with Crippen LogP contribution in [-0.2, 0) is 14.4 Å². The van der Waals surface area contributed by atoms with Crippen LogP contribution < -0.4 is 0 Å². The molecule has 1 rings (SSSR count). The molecular weight excluding hydrogens is 230 g/mol. The summed E-state index contributed by atoms with van der Waals surface area (Å²) in [5.74, 6) is -0.404. The quantitative estimate of drug-likeness (QED) is 0.262. The van der Waals surface area contributed by atoms with Crippen LogP contribution in [0.4, 0.5) is 0 Å². The molecule has 0 aliphatic rings. The molecule has 18 heavy (non-hydrogen) atoms. The van der Waals surface area contributed by atoms with Gasteiger partial charge >= 0.3 is 5.91 Å². The summed E-state index contributed by atoms with van der Waals surface area (Å²) < 4.78 is -0.284. The Morgan fingerprint density at radius 3 is 2.44 bits per heavy atom. The van der Waals surface area contributed by atoms with Gasteiger partial charge in [0.05, 0.1) is 7.11 Å². The topological polar surface area (TPSA) is 43.4 Å². The van der Waals surface area contributed by atoms with Gasteiger partial charge in [0.15, 0.2) is 0 Å². The van der Waals surface area contributed by atoms with Gasteiger partial charge in [0.2, 0.25) is 6.29 Å². The lowest BCUT2D eigenvalue weighted by molar-refractivity contribution is -1.02. The first-order valence-corrected chi connectivity index (χ1v) is 5.68. The van der Waals surface area contributed by atoms with Crippen LogP contribution in [0.3, 0.4) is 0 Å². The molecule has 4 heteroatoms. The van der Waals surface area contributed by atoms with Crippen LogP contribution in [0.15, 0.2) is 35.9 Å². The van der Waals surface area contributed by atoms with Gasteiger partial charge in [0.25, 0.3) is 0 Å². The zero-order valence-electron chi connectivity index (χ0n) is 10.8. The number of amides is 1. The third-order valence-corrected chi connectivity index (χ3v) is 2.89. The number of quaternary nitrogens is 1. The molecule has 0 fully saturated rings. The van der Waals surface area contributed by atoms with Gasteiger partial charge in [-0.25, -0.2) is 4.79 Å². The molecule has 0 saturated heterocycles. The van der Waals surface area contributed by atoms with Crippen molar-refractivity contribution in [3.05, 3.63) is 41.5 Å². The van der Waals surface area contributed by atoms with E-state index >= 15 is 0 Å². The van der Waals surface area contributed by atoms with E-state index in [2.05, 4.69) is 0 Å². The summed E-state index contributed by atoms with van der Waals surface area (Å²) in [6.45, 7) is 2.25. The predicted molar refractivity (Wildman–Crippen MR) is 68.9 cm³/mol. The Kier molecular flexibility index (Phi) is 4.95. The van der Waals surface area contributed by atoms with Gasteiger partial charge < -0.3 is 0 Å². The standard InChI is InChI=1S/C14H17NO3/c1-4-15(2,18-3)14(17)13(11-16)10-12-8-6-5-7-9-12/h5-10H,4H2,1-3H3/q+1. The second kappa shape index (κ2) is 6.23. The van der Waals surface area contributed by atoms with Gasteiger partial charge in [-0.05, 0) is 18.6 Å². The van der Waals surface area contributed by atoms with Crippen molar-refractivity contribution in [1.82, 2.24) is 0 Å². The fourth-order valence-electron chi connectivity index (χ4n) is 1.46. The smallest absolute Gasteiger partial charge is 0.284 e. The minimum Gasteiger partial charge on any atom is -0.284 e. The maximum atomic E-state index is 12.2. The van der Waals surface area contributed by atoms with E-state index in [1.165, 1.54) is 13.2 Å². The van der Waals surface area contributed by atoms with Gasteiger partial charge in [0.1, 0.15) is 19.2 Å². The highest BCUT2D eigenvalue weighted by Gasteiger charge is 2.34. The fourth-order valence-corrected chi connectivity index (χ4v) is 1.46. The van der Waals surface area contributed by atoms with Crippen molar-refractivity contribution < 1.29 is 19.1 Å². The molecule has 0 N–H and O–H groups in total. The fraction of sp³-hybridized carbons (Fsp3) is 0.286. The molecule has 0 aliphatic heterocycles. The van der Waals surface area contributed by atoms with E-state index in [4.69, 9.17) is 4.84 Å². The van der Waals surface area contributed by atoms with E-state index in [0.29, 0.717) is 6.54 Å². The van der Waals surface area contributed by atoms with E-state index < -0.39 is 5.91 Å². The lowest BCUT2D eigenvalue weighted by Gasteiger charge is -2.25. The van der Waals surface area contributed by atoms with Gasteiger partial charge in [-0.15, -0.1) is 4.65 Å². The second-order valence-electron chi connectivity index (χ2n) is 3.98. The highest BCUT2D eigenvalue weighted by molar-refractivity contribution is 6.11. The average Bonchev–Trinajstić information content (AvgIpc) is 2.44. The first-order valence-electron chi connectivity index (χ1n) is 5.68. The zero-order chi connectivity index (χ0) is 13.6. The van der Waals surface area contributed by atoms with E-state index in [9.17, 15) is 9.59 Å². The lowest BCUT2D eigenvalue weighted by Crippen LogP contribution is -2.49. The highest BCUT2D eigenvalue weighted by atomic mass is 16.7. The largest absolute Gasteiger partial charge is 0.381 e. The van der Waals surface area contributed by atoms with E-state index in [-0.39, 0.29) is 10.2 Å². The van der Waals surface area contributed by atoms with Gasteiger partial charge in [-0.3, -0.25) is 4.79 Å². The van der Waals surface area contributed by atoms with Crippen LogP contribution in [0.1, 0.15) is 12.5 Å². The number of hydrogen-bond acceptors (Lipinski definition) is 3. The molecule has 0 spiro atoms. The summed E-state index contributed by atoms with van der Waals surface area (Å²) in [6, 6.07) is 9.16. The summed E-state index contributed by atoms with van der Waals surface area (Å²) in [7, 11) is 3.05. The molecule has 0 heterocycles. The number of hydroxylamine groups is 3. The monoisotopic (exact) mass is 247 g/mol. The van der Waals surface area contributed by atoms with Crippen molar-refractivity contribution in [2.45, 2.75) is 6.92 Å². The Balaban J connectivity index is 3.08. The van der Waals surface area contributed by atoms with Crippen molar-refractivity contribution in [3.8, 4) is 0 Å². The van der Waals surface area contributed by atoms with E-state index in [1.807, 2.05) is 37.3 Å². The number of rotatable bonds is 5. The molecular formula is C14H17NO3+. The summed E-state index contributed by atoms with van der Waals surface area (Å²) in [5.41, 5.74) is 0.760. The SMILES string of the molecule is CC[N+](C)(OC)C(=O)C([C]=O)=Cc1ccccc1. The Morgan fingerprint density at radius 1 is 1.39 bits per heavy atom. The van der Waals surface area contributed by atoms with Crippen LogP contribution >= 0.6 is 0 Å². The summed E-state index contributed by atoms with van der Waals surface area (Å²) in [6.07, 6.45) is 3.20. The normalized spacial score (nSPS) is 14.9. The van der Waals surface area contributed by atoms with Crippen molar-refractivity contribution in [2.24, 2.45) is 0 Å². The lowest BCUT2D eigenvalue weighted by atomic mass is 10.1. The van der Waals surface area contributed by atoms with E-state index in [0.717, 1.165) is 5.56 Å². The first kappa shape index (κ1) is 14.3. The third-order valence-electron chi connectivity index (χ3n) is 2.89. The Bertz CT molecular complexity index is 447. The Morgan fingerprint density at radius 2 is 2.00 bits per heavy atom. The number of carbonyl (C=O) groups is 1. The number of hydrogen-bond donors (Lipinski definition) is 0. The molecule has 1 aromatic rings. The molecule has 4 nitrogen and oxygen atoms in total. The molecule has 1 unspecified atom stereocenters. The third kappa shape index (κ3) is 3.12. The Hall–Kier alpha value is -1.78. The molecule has 1 amide bonds. The van der Waals surface area contributed by atoms with Gasteiger partial charge in [-0.1, -0.05) is 30.3 Å². The van der Waals surface area contributed by atoms with Crippen molar-refractivity contribution in [2.75, 3.05) is 20.7 Å². The van der Waals surface area contributed by atoms with Gasteiger partial charge in [-0.2, -0.15) is 4.84 Å².